The molecule has 0 rings (SSSR count). The lowest BCUT2D eigenvalue weighted by Crippen LogP contribution is -2.58. The Bertz CT molecular complexity index is 165. The minimum Gasteiger partial charge on any atom is -0.383 e. The van der Waals surface area contributed by atoms with Gasteiger partial charge in [0.2, 0.25) is 0 Å². The highest BCUT2D eigenvalue weighted by Crippen LogP contribution is 2.17. The first-order chi connectivity index (χ1) is 7.01. The first-order valence-corrected chi connectivity index (χ1v) is 5.46. The van der Waals surface area contributed by atoms with Gasteiger partial charge in [-0.1, -0.05) is 0 Å². The summed E-state index contributed by atoms with van der Waals surface area (Å²) in [5.74, 6) is 0. The molecule has 1 atom stereocenters. The van der Waals surface area contributed by atoms with Crippen molar-refractivity contribution in [2.45, 2.75) is 32.4 Å². The van der Waals surface area contributed by atoms with Crippen molar-refractivity contribution in [1.82, 2.24) is 4.90 Å². The summed E-state index contributed by atoms with van der Waals surface area (Å²) < 4.78 is 10.4. The number of ether oxygens (including phenoxy) is 2. The molecule has 0 heterocycles. The second kappa shape index (κ2) is 7.17. The van der Waals surface area contributed by atoms with Crippen LogP contribution in [-0.2, 0) is 9.47 Å². The Morgan fingerprint density at radius 1 is 1.27 bits per heavy atom. The average Bonchev–Trinajstić information content (AvgIpc) is 2.18. The number of hydrogen-bond donors (Lipinski definition) is 1. The Labute approximate surface area is 93.7 Å². The standard InChI is InChI=1S/C11H26N2O2/c1-10(2)13(6-7-14-4)11(3,8-12)9-15-5/h10H,6-9,12H2,1-5H3. The average molecular weight is 218 g/mol. The van der Waals surface area contributed by atoms with Gasteiger partial charge in [-0.05, 0) is 20.8 Å². The van der Waals surface area contributed by atoms with Gasteiger partial charge < -0.3 is 15.2 Å². The zero-order chi connectivity index (χ0) is 11.9. The molecular weight excluding hydrogens is 192 g/mol. The van der Waals surface area contributed by atoms with E-state index in [2.05, 4.69) is 25.7 Å². The molecule has 92 valence electrons. The van der Waals surface area contributed by atoms with Crippen molar-refractivity contribution in [1.29, 1.82) is 0 Å². The van der Waals surface area contributed by atoms with E-state index in [9.17, 15) is 0 Å². The molecule has 2 N–H and O–H groups in total. The third-order valence-corrected chi connectivity index (χ3v) is 2.75. The van der Waals surface area contributed by atoms with Gasteiger partial charge in [-0.25, -0.2) is 0 Å². The number of hydrogen-bond acceptors (Lipinski definition) is 4. The largest absolute Gasteiger partial charge is 0.383 e. The van der Waals surface area contributed by atoms with E-state index in [1.165, 1.54) is 0 Å². The van der Waals surface area contributed by atoms with Crippen molar-refractivity contribution < 1.29 is 9.47 Å². The zero-order valence-corrected chi connectivity index (χ0v) is 10.7. The van der Waals surface area contributed by atoms with E-state index in [0.29, 0.717) is 19.2 Å². The van der Waals surface area contributed by atoms with E-state index in [-0.39, 0.29) is 5.54 Å². The monoisotopic (exact) mass is 218 g/mol. The van der Waals surface area contributed by atoms with E-state index in [4.69, 9.17) is 15.2 Å². The van der Waals surface area contributed by atoms with Gasteiger partial charge in [0.25, 0.3) is 0 Å². The van der Waals surface area contributed by atoms with Crippen molar-refractivity contribution in [3.05, 3.63) is 0 Å². The van der Waals surface area contributed by atoms with Crippen LogP contribution in [0, 0.1) is 0 Å². The van der Waals surface area contributed by atoms with E-state index < -0.39 is 0 Å². The van der Waals surface area contributed by atoms with Gasteiger partial charge in [-0.3, -0.25) is 4.90 Å². The Hall–Kier alpha value is -0.160. The highest BCUT2D eigenvalue weighted by Gasteiger charge is 2.31. The molecule has 0 spiro atoms. The topological polar surface area (TPSA) is 47.7 Å². The van der Waals surface area contributed by atoms with Crippen LogP contribution in [0.15, 0.2) is 0 Å². The van der Waals surface area contributed by atoms with Crippen molar-refractivity contribution >= 4 is 0 Å². The summed E-state index contributed by atoms with van der Waals surface area (Å²) in [6.07, 6.45) is 0. The maximum absolute atomic E-state index is 5.84. The normalized spacial score (nSPS) is 16.0. The molecule has 0 aromatic carbocycles. The molecule has 0 aliphatic rings. The maximum Gasteiger partial charge on any atom is 0.0656 e. The van der Waals surface area contributed by atoms with Gasteiger partial charge in [0.15, 0.2) is 0 Å². The van der Waals surface area contributed by atoms with Crippen molar-refractivity contribution in [3.63, 3.8) is 0 Å². The molecule has 15 heavy (non-hydrogen) atoms. The minimum absolute atomic E-state index is 0.110. The lowest BCUT2D eigenvalue weighted by molar-refractivity contribution is -0.00596. The highest BCUT2D eigenvalue weighted by molar-refractivity contribution is 4.89. The van der Waals surface area contributed by atoms with Crippen LogP contribution in [0.25, 0.3) is 0 Å². The van der Waals surface area contributed by atoms with Crippen LogP contribution in [0.4, 0.5) is 0 Å². The predicted octanol–water partition coefficient (Wildman–Crippen LogP) is 0.707. The summed E-state index contributed by atoms with van der Waals surface area (Å²) in [4.78, 5) is 2.33. The number of nitrogens with zero attached hydrogens (tertiary/aromatic N) is 1. The molecule has 0 fully saturated rings. The molecule has 1 unspecified atom stereocenters. The fourth-order valence-electron chi connectivity index (χ4n) is 1.91. The SMILES string of the molecule is COCCN(C(C)C)C(C)(CN)COC. The Morgan fingerprint density at radius 2 is 1.87 bits per heavy atom. The Kier molecular flexibility index (Phi) is 7.09. The summed E-state index contributed by atoms with van der Waals surface area (Å²) in [6.45, 7) is 9.29. The molecule has 0 radical (unpaired) electrons. The highest BCUT2D eigenvalue weighted by atomic mass is 16.5. The van der Waals surface area contributed by atoms with E-state index >= 15 is 0 Å². The van der Waals surface area contributed by atoms with E-state index in [0.717, 1.165) is 13.2 Å². The van der Waals surface area contributed by atoms with Gasteiger partial charge in [0.1, 0.15) is 0 Å². The summed E-state index contributed by atoms with van der Waals surface area (Å²) >= 11 is 0. The van der Waals surface area contributed by atoms with Gasteiger partial charge >= 0.3 is 0 Å². The first-order valence-electron chi connectivity index (χ1n) is 5.46. The van der Waals surface area contributed by atoms with Crippen molar-refractivity contribution in [2.75, 3.05) is 40.5 Å². The molecule has 0 saturated carbocycles. The van der Waals surface area contributed by atoms with Crippen LogP contribution in [0.2, 0.25) is 0 Å². The van der Waals surface area contributed by atoms with Gasteiger partial charge in [-0.15, -0.1) is 0 Å². The molecule has 0 bridgehead atoms. The van der Waals surface area contributed by atoms with Crippen LogP contribution in [-0.4, -0.2) is 57.0 Å². The minimum atomic E-state index is -0.110. The molecule has 0 aromatic rings. The van der Waals surface area contributed by atoms with Crippen LogP contribution in [0.1, 0.15) is 20.8 Å². The maximum atomic E-state index is 5.84. The number of nitrogens with two attached hydrogens (primary N) is 1. The lowest BCUT2D eigenvalue weighted by atomic mass is 9.99. The molecule has 0 aliphatic heterocycles. The summed E-state index contributed by atoms with van der Waals surface area (Å²) in [7, 11) is 3.43. The van der Waals surface area contributed by atoms with Crippen LogP contribution >= 0.6 is 0 Å². The summed E-state index contributed by atoms with van der Waals surface area (Å²) in [5.41, 5.74) is 5.73. The Morgan fingerprint density at radius 3 is 2.20 bits per heavy atom. The summed E-state index contributed by atoms with van der Waals surface area (Å²) in [5, 5.41) is 0. The second-order valence-electron chi connectivity index (χ2n) is 4.41. The number of methoxy groups -OCH3 is 2. The van der Waals surface area contributed by atoms with Gasteiger partial charge in [-0.2, -0.15) is 0 Å². The zero-order valence-electron chi connectivity index (χ0n) is 10.7. The smallest absolute Gasteiger partial charge is 0.0656 e. The molecule has 0 aromatic heterocycles. The van der Waals surface area contributed by atoms with Crippen molar-refractivity contribution in [3.8, 4) is 0 Å². The predicted molar refractivity (Wildman–Crippen MR) is 63.1 cm³/mol. The van der Waals surface area contributed by atoms with Crippen LogP contribution in [0.3, 0.4) is 0 Å². The third kappa shape index (κ3) is 4.47. The van der Waals surface area contributed by atoms with E-state index in [1.807, 2.05) is 0 Å². The van der Waals surface area contributed by atoms with Crippen LogP contribution < -0.4 is 5.73 Å². The third-order valence-electron chi connectivity index (χ3n) is 2.75. The van der Waals surface area contributed by atoms with Crippen molar-refractivity contribution in [2.24, 2.45) is 5.73 Å². The fraction of sp³-hybridized carbons (Fsp3) is 1.00. The van der Waals surface area contributed by atoms with Gasteiger partial charge in [0, 0.05) is 33.4 Å². The summed E-state index contributed by atoms with van der Waals surface area (Å²) in [6, 6.07) is 0.434. The molecule has 4 heteroatoms. The van der Waals surface area contributed by atoms with E-state index in [1.54, 1.807) is 14.2 Å². The Balaban J connectivity index is 4.53. The molecule has 0 aliphatic carbocycles. The van der Waals surface area contributed by atoms with Crippen LogP contribution in [0.5, 0.6) is 0 Å². The number of rotatable bonds is 8. The molecule has 4 nitrogen and oxygen atoms in total. The second-order valence-corrected chi connectivity index (χ2v) is 4.41. The van der Waals surface area contributed by atoms with Gasteiger partial charge in [0.05, 0.1) is 18.8 Å². The first kappa shape index (κ1) is 14.8. The molecule has 0 saturated heterocycles. The lowest BCUT2D eigenvalue weighted by Gasteiger charge is -2.42. The molecule has 0 amide bonds. The quantitative estimate of drug-likeness (QED) is 0.652. The molecular formula is C11H26N2O2. The fourth-order valence-corrected chi connectivity index (χ4v) is 1.91.